The van der Waals surface area contributed by atoms with Gasteiger partial charge in [-0.3, -0.25) is 0 Å². The number of ether oxygens (including phenoxy) is 1. The zero-order chi connectivity index (χ0) is 11.2. The molecule has 0 rings (SSSR count). The van der Waals surface area contributed by atoms with E-state index in [0.29, 0.717) is 0 Å². The number of hydrogen-bond acceptors (Lipinski definition) is 3. The second-order valence-electron chi connectivity index (χ2n) is 3.35. The van der Waals surface area contributed by atoms with E-state index in [1.165, 1.54) is 32.6 Å². The third kappa shape index (κ3) is 22.6. The minimum absolute atomic E-state index is 0.139. The summed E-state index contributed by atoms with van der Waals surface area (Å²) in [5, 5.41) is 16.0. The van der Waals surface area contributed by atoms with Crippen LogP contribution in [0.2, 0.25) is 0 Å². The van der Waals surface area contributed by atoms with Gasteiger partial charge >= 0.3 is 0 Å². The van der Waals surface area contributed by atoms with Crippen LogP contribution in [0.4, 0.5) is 0 Å². The third-order valence-corrected chi connectivity index (χ3v) is 1.55. The lowest BCUT2D eigenvalue weighted by Gasteiger charge is -1.99. The smallest absolute Gasteiger partial charge is 0.0742 e. The van der Waals surface area contributed by atoms with E-state index in [9.17, 15) is 0 Å². The third-order valence-electron chi connectivity index (χ3n) is 1.55. The van der Waals surface area contributed by atoms with Crippen molar-refractivity contribution in [2.24, 2.45) is 0 Å². The van der Waals surface area contributed by atoms with Crippen molar-refractivity contribution in [1.82, 2.24) is 0 Å². The normalized spacial score (nSPS) is 11.8. The van der Waals surface area contributed by atoms with Gasteiger partial charge in [-0.1, -0.05) is 26.7 Å². The Morgan fingerprint density at radius 2 is 1.43 bits per heavy atom. The van der Waals surface area contributed by atoms with E-state index in [2.05, 4.69) is 13.8 Å². The number of aliphatic hydroxyl groups excluding tert-OH is 2. The van der Waals surface area contributed by atoms with Gasteiger partial charge in [0.15, 0.2) is 0 Å². The van der Waals surface area contributed by atoms with E-state index in [1.807, 2.05) is 0 Å². The van der Waals surface area contributed by atoms with Crippen LogP contribution < -0.4 is 0 Å². The van der Waals surface area contributed by atoms with Crippen molar-refractivity contribution in [3.63, 3.8) is 0 Å². The Hall–Kier alpha value is -0.120. The lowest BCUT2D eigenvalue weighted by molar-refractivity contribution is 0.110. The molecule has 0 radical (unpaired) electrons. The highest BCUT2D eigenvalue weighted by Gasteiger charge is 1.84. The summed E-state index contributed by atoms with van der Waals surface area (Å²) in [5.41, 5.74) is 0. The number of aliphatic hydroxyl groups is 2. The Bertz CT molecular complexity index is 78.6. The molecule has 0 saturated carbocycles. The molecule has 0 aliphatic heterocycles. The fraction of sp³-hybridized carbons (Fsp3) is 1.00. The zero-order valence-electron chi connectivity index (χ0n) is 9.83. The predicted molar refractivity (Wildman–Crippen MR) is 59.4 cm³/mol. The van der Waals surface area contributed by atoms with Gasteiger partial charge in [0.25, 0.3) is 0 Å². The van der Waals surface area contributed by atoms with Crippen LogP contribution in [0.15, 0.2) is 0 Å². The van der Waals surface area contributed by atoms with E-state index in [0.717, 1.165) is 13.2 Å². The molecule has 0 fully saturated rings. The molecule has 0 bridgehead atoms. The van der Waals surface area contributed by atoms with Crippen LogP contribution in [0.25, 0.3) is 0 Å². The molecule has 1 unspecified atom stereocenters. The number of rotatable bonds is 7. The largest absolute Gasteiger partial charge is 0.394 e. The number of unbranched alkanes of at least 4 members (excludes halogenated alkanes) is 2. The van der Waals surface area contributed by atoms with Gasteiger partial charge in [0, 0.05) is 13.2 Å². The first kappa shape index (κ1) is 16.3. The Balaban J connectivity index is 0. The van der Waals surface area contributed by atoms with Crippen LogP contribution in [-0.2, 0) is 4.74 Å². The van der Waals surface area contributed by atoms with Crippen molar-refractivity contribution in [1.29, 1.82) is 0 Å². The Kier molecular flexibility index (Phi) is 17.9. The number of hydrogen-bond donors (Lipinski definition) is 2. The second kappa shape index (κ2) is 15.4. The van der Waals surface area contributed by atoms with Gasteiger partial charge in [-0.05, 0) is 19.8 Å². The molecule has 0 aromatic heterocycles. The van der Waals surface area contributed by atoms with Gasteiger partial charge in [-0.15, -0.1) is 0 Å². The standard InChI is InChI=1S/C8H18O.C3H8O2/c1-3-5-7-9-8-6-4-2;1-3(5)2-4/h3-8H2,1-2H3;3-5H,2H2,1H3. The molecule has 0 aliphatic rings. The summed E-state index contributed by atoms with van der Waals surface area (Å²) in [6, 6.07) is 0. The molecule has 0 aromatic carbocycles. The fourth-order valence-corrected chi connectivity index (χ4v) is 0.595. The van der Waals surface area contributed by atoms with Crippen molar-refractivity contribution < 1.29 is 14.9 Å². The lowest BCUT2D eigenvalue weighted by atomic mass is 10.3. The highest BCUT2D eigenvalue weighted by Crippen LogP contribution is 1.91. The molecule has 0 saturated heterocycles. The molecule has 2 N–H and O–H groups in total. The van der Waals surface area contributed by atoms with Crippen LogP contribution in [0.3, 0.4) is 0 Å². The average molecular weight is 206 g/mol. The van der Waals surface area contributed by atoms with E-state index in [1.54, 1.807) is 0 Å². The molecular weight excluding hydrogens is 180 g/mol. The van der Waals surface area contributed by atoms with Crippen molar-refractivity contribution in [3.8, 4) is 0 Å². The summed E-state index contributed by atoms with van der Waals surface area (Å²) in [5.74, 6) is 0. The first-order valence-electron chi connectivity index (χ1n) is 5.55. The predicted octanol–water partition coefficient (Wildman–Crippen LogP) is 1.96. The van der Waals surface area contributed by atoms with Crippen LogP contribution in [0.1, 0.15) is 46.5 Å². The first-order valence-corrected chi connectivity index (χ1v) is 5.55. The molecule has 0 heterocycles. The highest BCUT2D eigenvalue weighted by atomic mass is 16.5. The van der Waals surface area contributed by atoms with Crippen molar-refractivity contribution >= 4 is 0 Å². The van der Waals surface area contributed by atoms with E-state index in [4.69, 9.17) is 14.9 Å². The Morgan fingerprint density at radius 1 is 1.07 bits per heavy atom. The van der Waals surface area contributed by atoms with Crippen molar-refractivity contribution in [2.75, 3.05) is 19.8 Å². The maximum Gasteiger partial charge on any atom is 0.0742 e. The SMILES string of the molecule is CC(O)CO.CCCCOCCCC. The summed E-state index contributed by atoms with van der Waals surface area (Å²) in [6.07, 6.45) is 4.35. The topological polar surface area (TPSA) is 49.7 Å². The van der Waals surface area contributed by atoms with E-state index >= 15 is 0 Å². The summed E-state index contributed by atoms with van der Waals surface area (Å²) < 4.78 is 5.31. The minimum Gasteiger partial charge on any atom is -0.394 e. The average Bonchev–Trinajstić information content (AvgIpc) is 2.19. The summed E-state index contributed by atoms with van der Waals surface area (Å²) >= 11 is 0. The summed E-state index contributed by atoms with van der Waals surface area (Å²) in [4.78, 5) is 0. The van der Waals surface area contributed by atoms with Crippen LogP contribution in [0, 0.1) is 0 Å². The lowest BCUT2D eigenvalue weighted by Crippen LogP contribution is -2.03. The monoisotopic (exact) mass is 206 g/mol. The van der Waals surface area contributed by atoms with Crippen molar-refractivity contribution in [2.45, 2.75) is 52.6 Å². The van der Waals surface area contributed by atoms with Crippen molar-refractivity contribution in [3.05, 3.63) is 0 Å². The van der Waals surface area contributed by atoms with Crippen LogP contribution in [-0.4, -0.2) is 36.1 Å². The van der Waals surface area contributed by atoms with Gasteiger partial charge in [-0.25, -0.2) is 0 Å². The van der Waals surface area contributed by atoms with Crippen LogP contribution in [0.5, 0.6) is 0 Å². The zero-order valence-corrected chi connectivity index (χ0v) is 9.83. The fourth-order valence-electron chi connectivity index (χ4n) is 0.595. The van der Waals surface area contributed by atoms with Gasteiger partial charge in [0.2, 0.25) is 0 Å². The van der Waals surface area contributed by atoms with Gasteiger partial charge in [0.1, 0.15) is 0 Å². The highest BCUT2D eigenvalue weighted by molar-refractivity contribution is 4.34. The molecule has 3 nitrogen and oxygen atoms in total. The molecule has 14 heavy (non-hydrogen) atoms. The molecule has 0 spiro atoms. The van der Waals surface area contributed by atoms with E-state index < -0.39 is 6.10 Å². The molecule has 0 aromatic rings. The molecule has 88 valence electrons. The van der Waals surface area contributed by atoms with Crippen LogP contribution >= 0.6 is 0 Å². The molecule has 0 amide bonds. The van der Waals surface area contributed by atoms with Gasteiger partial charge in [-0.2, -0.15) is 0 Å². The second-order valence-corrected chi connectivity index (χ2v) is 3.35. The quantitative estimate of drug-likeness (QED) is 0.626. The maximum atomic E-state index is 8.11. The van der Waals surface area contributed by atoms with Gasteiger partial charge < -0.3 is 14.9 Å². The Labute approximate surface area is 88.1 Å². The molecular formula is C11H26O3. The minimum atomic E-state index is -0.560. The molecule has 1 atom stereocenters. The first-order chi connectivity index (χ1) is 6.68. The molecule has 0 aliphatic carbocycles. The van der Waals surface area contributed by atoms with E-state index in [-0.39, 0.29) is 6.61 Å². The summed E-state index contributed by atoms with van der Waals surface area (Å²) in [6.45, 7) is 7.67. The Morgan fingerprint density at radius 3 is 1.64 bits per heavy atom. The van der Waals surface area contributed by atoms with Gasteiger partial charge in [0.05, 0.1) is 12.7 Å². The maximum absolute atomic E-state index is 8.11. The molecule has 3 heteroatoms. The summed E-state index contributed by atoms with van der Waals surface area (Å²) in [7, 11) is 0.